The van der Waals surface area contributed by atoms with E-state index in [1.165, 1.54) is 11.8 Å². The van der Waals surface area contributed by atoms with E-state index >= 15 is 0 Å². The average molecular weight is 369 g/mol. The minimum absolute atomic E-state index is 0.0911. The van der Waals surface area contributed by atoms with E-state index in [2.05, 4.69) is 5.32 Å². The number of hydrogen-bond donors (Lipinski definition) is 3. The Hall–Kier alpha value is -1.73. The molecule has 6 nitrogen and oxygen atoms in total. The lowest BCUT2D eigenvalue weighted by Gasteiger charge is -2.24. The summed E-state index contributed by atoms with van der Waals surface area (Å²) in [7, 11) is 0. The Morgan fingerprint density at radius 3 is 2.44 bits per heavy atom. The van der Waals surface area contributed by atoms with Gasteiger partial charge in [-0.05, 0) is 30.6 Å². The lowest BCUT2D eigenvalue weighted by molar-refractivity contribution is -0.139. The number of nitrogens with one attached hydrogen (secondary N) is 1. The van der Waals surface area contributed by atoms with Gasteiger partial charge < -0.3 is 20.3 Å². The lowest BCUT2D eigenvalue weighted by Crippen LogP contribution is -2.41. The largest absolute Gasteiger partial charge is 0.480 e. The molecule has 0 bridgehead atoms. The highest BCUT2D eigenvalue weighted by Gasteiger charge is 2.24. The summed E-state index contributed by atoms with van der Waals surface area (Å²) in [4.78, 5) is 23.1. The fraction of sp³-hybridized carbons (Fsp3) is 0.556. The highest BCUT2D eigenvalue weighted by Crippen LogP contribution is 2.21. The number of hydrogen-bond acceptors (Lipinski definition) is 5. The Kier molecular flexibility index (Phi) is 9.37. The van der Waals surface area contributed by atoms with Crippen molar-refractivity contribution in [3.63, 3.8) is 0 Å². The van der Waals surface area contributed by atoms with Crippen LogP contribution in [0, 0.1) is 0 Å². The van der Waals surface area contributed by atoms with E-state index < -0.39 is 23.7 Å². The molecular weight excluding hydrogens is 342 g/mol. The van der Waals surface area contributed by atoms with Crippen LogP contribution in [0.5, 0.6) is 0 Å². The molecule has 0 radical (unpaired) electrons. The highest BCUT2D eigenvalue weighted by molar-refractivity contribution is 7.99. The summed E-state index contributed by atoms with van der Waals surface area (Å²) in [5, 5.41) is 21.8. The summed E-state index contributed by atoms with van der Waals surface area (Å²) in [6.45, 7) is 3.94. The SMILES string of the molecule is CCC(O)(CC)CSCCC(NC(=O)OCc1ccccc1)C(=O)O. The second-order valence-corrected chi connectivity index (χ2v) is 6.97. The van der Waals surface area contributed by atoms with Gasteiger partial charge in [0.1, 0.15) is 12.6 Å². The first kappa shape index (κ1) is 21.3. The number of carbonyl (C=O) groups excluding carboxylic acids is 1. The molecule has 1 aromatic carbocycles. The minimum Gasteiger partial charge on any atom is -0.480 e. The second kappa shape index (κ2) is 11.0. The average Bonchev–Trinajstić information content (AvgIpc) is 2.63. The number of alkyl carbamates (subject to hydrolysis) is 1. The van der Waals surface area contributed by atoms with Crippen LogP contribution in [0.3, 0.4) is 0 Å². The third-order valence-electron chi connectivity index (χ3n) is 4.04. The van der Waals surface area contributed by atoms with Crippen LogP contribution in [-0.4, -0.2) is 45.4 Å². The molecule has 25 heavy (non-hydrogen) atoms. The predicted molar refractivity (Wildman–Crippen MR) is 98.7 cm³/mol. The predicted octanol–water partition coefficient (Wildman–Crippen LogP) is 3.04. The van der Waals surface area contributed by atoms with E-state index in [4.69, 9.17) is 4.74 Å². The van der Waals surface area contributed by atoms with Crippen LogP contribution in [0.2, 0.25) is 0 Å². The molecule has 0 fully saturated rings. The first-order chi connectivity index (χ1) is 11.9. The molecule has 0 spiro atoms. The molecule has 140 valence electrons. The van der Waals surface area contributed by atoms with Crippen molar-refractivity contribution in [1.29, 1.82) is 0 Å². The molecule has 0 saturated heterocycles. The summed E-state index contributed by atoms with van der Waals surface area (Å²) >= 11 is 1.49. The summed E-state index contributed by atoms with van der Waals surface area (Å²) in [5.74, 6) is -0.0262. The minimum atomic E-state index is -1.10. The molecule has 0 aliphatic carbocycles. The fourth-order valence-electron chi connectivity index (χ4n) is 2.08. The van der Waals surface area contributed by atoms with Crippen molar-refractivity contribution in [3.8, 4) is 0 Å². The van der Waals surface area contributed by atoms with Gasteiger partial charge in [-0.1, -0.05) is 44.2 Å². The van der Waals surface area contributed by atoms with Crippen LogP contribution in [0.1, 0.15) is 38.7 Å². The van der Waals surface area contributed by atoms with Gasteiger partial charge in [-0.2, -0.15) is 11.8 Å². The third kappa shape index (κ3) is 8.27. The third-order valence-corrected chi connectivity index (χ3v) is 5.31. The number of aliphatic hydroxyl groups is 1. The maximum atomic E-state index is 11.8. The van der Waals surface area contributed by atoms with Gasteiger partial charge in [0.05, 0.1) is 5.60 Å². The number of carbonyl (C=O) groups is 2. The molecule has 1 amide bonds. The van der Waals surface area contributed by atoms with Crippen LogP contribution in [-0.2, 0) is 16.1 Å². The van der Waals surface area contributed by atoms with Crippen molar-refractivity contribution in [3.05, 3.63) is 35.9 Å². The zero-order valence-corrected chi connectivity index (χ0v) is 15.6. The van der Waals surface area contributed by atoms with Crippen molar-refractivity contribution < 1.29 is 24.5 Å². The van der Waals surface area contributed by atoms with Gasteiger partial charge in [0.2, 0.25) is 0 Å². The first-order valence-electron chi connectivity index (χ1n) is 8.40. The van der Waals surface area contributed by atoms with Crippen molar-refractivity contribution in [2.24, 2.45) is 0 Å². The Morgan fingerprint density at radius 2 is 1.88 bits per heavy atom. The number of aliphatic carboxylic acids is 1. The quantitative estimate of drug-likeness (QED) is 0.519. The van der Waals surface area contributed by atoms with Gasteiger partial charge in [-0.3, -0.25) is 0 Å². The van der Waals surface area contributed by atoms with E-state index in [1.807, 2.05) is 44.2 Å². The Bertz CT molecular complexity index is 534. The summed E-state index contributed by atoms with van der Waals surface area (Å²) in [6, 6.07) is 8.16. The number of rotatable bonds is 11. The van der Waals surface area contributed by atoms with Crippen LogP contribution < -0.4 is 5.32 Å². The molecule has 1 rings (SSSR count). The Balaban J connectivity index is 2.36. The van der Waals surface area contributed by atoms with Crippen LogP contribution in [0.4, 0.5) is 4.79 Å². The van der Waals surface area contributed by atoms with Crippen molar-refractivity contribution >= 4 is 23.8 Å². The second-order valence-electron chi connectivity index (χ2n) is 5.87. The summed E-state index contributed by atoms with van der Waals surface area (Å²) in [5.41, 5.74) is 0.115. The van der Waals surface area contributed by atoms with Crippen molar-refractivity contribution in [1.82, 2.24) is 5.32 Å². The molecule has 7 heteroatoms. The molecule has 1 atom stereocenters. The van der Waals surface area contributed by atoms with E-state index in [0.29, 0.717) is 24.3 Å². The van der Waals surface area contributed by atoms with Gasteiger partial charge in [0.25, 0.3) is 0 Å². The van der Waals surface area contributed by atoms with Crippen LogP contribution in [0.15, 0.2) is 30.3 Å². The number of amides is 1. The molecular formula is C18H27NO5S. The fourth-order valence-corrected chi connectivity index (χ4v) is 3.42. The zero-order valence-electron chi connectivity index (χ0n) is 14.7. The Morgan fingerprint density at radius 1 is 1.24 bits per heavy atom. The standard InChI is InChI=1S/C18H27NO5S/c1-3-18(23,4-2)13-25-11-10-15(16(20)21)19-17(22)24-12-14-8-6-5-7-9-14/h5-9,15,23H,3-4,10-13H2,1-2H3,(H,19,22)(H,20,21). The van der Waals surface area contributed by atoms with E-state index in [-0.39, 0.29) is 13.0 Å². The molecule has 3 N–H and O–H groups in total. The number of ether oxygens (including phenoxy) is 1. The number of benzene rings is 1. The maximum Gasteiger partial charge on any atom is 0.408 e. The number of carboxylic acid groups (broad SMARTS) is 1. The first-order valence-corrected chi connectivity index (χ1v) is 9.56. The number of thioether (sulfide) groups is 1. The summed E-state index contributed by atoms with van der Waals surface area (Å²) < 4.78 is 5.04. The maximum absolute atomic E-state index is 11.8. The molecule has 1 unspecified atom stereocenters. The summed E-state index contributed by atoms with van der Waals surface area (Å²) in [6.07, 6.45) is 0.829. The monoisotopic (exact) mass is 369 g/mol. The number of carboxylic acids is 1. The van der Waals surface area contributed by atoms with Crippen molar-refractivity contribution in [2.45, 2.75) is 51.4 Å². The Labute approximate surface area is 153 Å². The molecule has 1 aromatic rings. The van der Waals surface area contributed by atoms with Gasteiger partial charge in [-0.15, -0.1) is 0 Å². The molecule has 0 aliphatic heterocycles. The molecule has 0 aromatic heterocycles. The van der Waals surface area contributed by atoms with Gasteiger partial charge in [-0.25, -0.2) is 9.59 Å². The lowest BCUT2D eigenvalue weighted by atomic mass is 10.0. The topological polar surface area (TPSA) is 95.9 Å². The van der Waals surface area contributed by atoms with E-state index in [9.17, 15) is 19.8 Å². The molecule has 0 heterocycles. The van der Waals surface area contributed by atoms with Gasteiger partial charge in [0.15, 0.2) is 0 Å². The van der Waals surface area contributed by atoms with Crippen LogP contribution in [0.25, 0.3) is 0 Å². The van der Waals surface area contributed by atoms with Crippen LogP contribution >= 0.6 is 11.8 Å². The van der Waals surface area contributed by atoms with E-state index in [1.54, 1.807) is 0 Å². The highest BCUT2D eigenvalue weighted by atomic mass is 32.2. The van der Waals surface area contributed by atoms with Gasteiger partial charge in [0, 0.05) is 5.75 Å². The smallest absolute Gasteiger partial charge is 0.408 e. The molecule has 0 aliphatic rings. The van der Waals surface area contributed by atoms with Gasteiger partial charge >= 0.3 is 12.1 Å². The normalized spacial score (nSPS) is 12.4. The van der Waals surface area contributed by atoms with Crippen molar-refractivity contribution in [2.75, 3.05) is 11.5 Å². The van der Waals surface area contributed by atoms with E-state index in [0.717, 1.165) is 5.56 Å². The molecule has 0 saturated carbocycles. The zero-order chi connectivity index (χ0) is 18.7.